The van der Waals surface area contributed by atoms with Crippen LogP contribution < -0.4 is 10.6 Å². The molecule has 0 aliphatic rings. The Balaban J connectivity index is 2.64. The molecule has 0 amide bonds. The second kappa shape index (κ2) is 6.89. The van der Waals surface area contributed by atoms with Crippen LogP contribution in [0.15, 0.2) is 10.7 Å². The Morgan fingerprint density at radius 3 is 2.67 bits per heavy atom. The zero-order valence-electron chi connectivity index (χ0n) is 10.4. The van der Waals surface area contributed by atoms with Gasteiger partial charge in [-0.15, -0.1) is 0 Å². The Morgan fingerprint density at radius 2 is 2.06 bits per heavy atom. The van der Waals surface area contributed by atoms with Gasteiger partial charge in [0, 0.05) is 25.0 Å². The van der Waals surface area contributed by atoms with Gasteiger partial charge in [-0.2, -0.15) is 4.98 Å². The van der Waals surface area contributed by atoms with Crippen molar-refractivity contribution in [2.24, 2.45) is 0 Å². The van der Waals surface area contributed by atoms with Crippen molar-refractivity contribution < 1.29 is 8.42 Å². The SMILES string of the molecule is CCNc1ncc(Br)c(NCCS(=O)(=O)CC)n1. The average Bonchev–Trinajstić information content (AvgIpc) is 2.33. The van der Waals surface area contributed by atoms with Crippen molar-refractivity contribution in [3.8, 4) is 0 Å². The maximum absolute atomic E-state index is 11.3. The summed E-state index contributed by atoms with van der Waals surface area (Å²) in [6, 6.07) is 0. The lowest BCUT2D eigenvalue weighted by Gasteiger charge is -2.09. The minimum atomic E-state index is -2.96. The van der Waals surface area contributed by atoms with Gasteiger partial charge in [-0.25, -0.2) is 13.4 Å². The molecule has 102 valence electrons. The van der Waals surface area contributed by atoms with Gasteiger partial charge in [0.2, 0.25) is 5.95 Å². The maximum Gasteiger partial charge on any atom is 0.224 e. The predicted molar refractivity (Wildman–Crippen MR) is 76.7 cm³/mol. The molecule has 0 atom stereocenters. The molecule has 18 heavy (non-hydrogen) atoms. The van der Waals surface area contributed by atoms with Crippen LogP contribution in [0.5, 0.6) is 0 Å². The number of hydrogen-bond donors (Lipinski definition) is 2. The molecule has 1 aromatic rings. The van der Waals surface area contributed by atoms with E-state index in [2.05, 4.69) is 36.5 Å². The fourth-order valence-corrected chi connectivity index (χ4v) is 2.24. The molecule has 0 spiro atoms. The van der Waals surface area contributed by atoms with E-state index in [1.54, 1.807) is 13.1 Å². The lowest BCUT2D eigenvalue weighted by Crippen LogP contribution is -2.18. The number of rotatable bonds is 7. The lowest BCUT2D eigenvalue weighted by atomic mass is 10.5. The van der Waals surface area contributed by atoms with Gasteiger partial charge in [-0.3, -0.25) is 0 Å². The van der Waals surface area contributed by atoms with Gasteiger partial charge < -0.3 is 10.6 Å². The van der Waals surface area contributed by atoms with E-state index in [0.717, 1.165) is 6.54 Å². The molecule has 0 saturated carbocycles. The van der Waals surface area contributed by atoms with E-state index >= 15 is 0 Å². The Morgan fingerprint density at radius 1 is 1.33 bits per heavy atom. The van der Waals surface area contributed by atoms with Gasteiger partial charge in [0.1, 0.15) is 5.82 Å². The average molecular weight is 337 g/mol. The Bertz CT molecular complexity index is 493. The lowest BCUT2D eigenvalue weighted by molar-refractivity contribution is 0.597. The Labute approximate surface area is 116 Å². The molecule has 6 nitrogen and oxygen atoms in total. The largest absolute Gasteiger partial charge is 0.368 e. The summed E-state index contributed by atoms with van der Waals surface area (Å²) in [7, 11) is -2.96. The summed E-state index contributed by atoms with van der Waals surface area (Å²) >= 11 is 3.31. The number of halogens is 1. The van der Waals surface area contributed by atoms with E-state index in [4.69, 9.17) is 0 Å². The molecule has 0 bridgehead atoms. The van der Waals surface area contributed by atoms with Crippen molar-refractivity contribution >= 4 is 37.5 Å². The second-order valence-electron chi connectivity index (χ2n) is 3.58. The molecule has 1 aromatic heterocycles. The van der Waals surface area contributed by atoms with Crippen LogP contribution in [0, 0.1) is 0 Å². The number of hydrogen-bond acceptors (Lipinski definition) is 6. The molecule has 2 N–H and O–H groups in total. The highest BCUT2D eigenvalue weighted by atomic mass is 79.9. The minimum Gasteiger partial charge on any atom is -0.368 e. The van der Waals surface area contributed by atoms with Crippen LogP contribution in [0.4, 0.5) is 11.8 Å². The number of sulfone groups is 1. The third kappa shape index (κ3) is 4.77. The van der Waals surface area contributed by atoms with Crippen LogP contribution in [0.3, 0.4) is 0 Å². The van der Waals surface area contributed by atoms with Crippen molar-refractivity contribution in [1.82, 2.24) is 9.97 Å². The van der Waals surface area contributed by atoms with E-state index < -0.39 is 9.84 Å². The van der Waals surface area contributed by atoms with Crippen LogP contribution in [-0.4, -0.2) is 43.0 Å². The van der Waals surface area contributed by atoms with Crippen LogP contribution in [0.1, 0.15) is 13.8 Å². The molecule has 0 aliphatic heterocycles. The normalized spacial score (nSPS) is 11.3. The van der Waals surface area contributed by atoms with Crippen molar-refractivity contribution in [1.29, 1.82) is 0 Å². The molecule has 0 unspecified atom stereocenters. The quantitative estimate of drug-likeness (QED) is 0.785. The number of aromatic nitrogens is 2. The van der Waals surface area contributed by atoms with Crippen LogP contribution in [0.25, 0.3) is 0 Å². The molecule has 0 aliphatic carbocycles. The van der Waals surface area contributed by atoms with E-state index in [9.17, 15) is 8.42 Å². The van der Waals surface area contributed by atoms with Crippen LogP contribution >= 0.6 is 15.9 Å². The fourth-order valence-electron chi connectivity index (χ4n) is 1.20. The van der Waals surface area contributed by atoms with Crippen molar-refractivity contribution in [3.05, 3.63) is 10.7 Å². The first-order chi connectivity index (χ1) is 8.48. The van der Waals surface area contributed by atoms with E-state index in [-0.39, 0.29) is 11.5 Å². The van der Waals surface area contributed by atoms with Gasteiger partial charge in [-0.1, -0.05) is 6.92 Å². The molecule has 0 fully saturated rings. The van der Waals surface area contributed by atoms with E-state index in [0.29, 0.717) is 22.8 Å². The fraction of sp³-hybridized carbons (Fsp3) is 0.600. The predicted octanol–water partition coefficient (Wildman–Crippen LogP) is 1.52. The number of nitrogens with one attached hydrogen (secondary N) is 2. The molecule has 1 heterocycles. The summed E-state index contributed by atoms with van der Waals surface area (Å²) in [5, 5.41) is 5.98. The summed E-state index contributed by atoms with van der Waals surface area (Å²) in [5.74, 6) is 1.35. The molecule has 0 saturated heterocycles. The van der Waals surface area contributed by atoms with Crippen LogP contribution in [-0.2, 0) is 9.84 Å². The minimum absolute atomic E-state index is 0.0937. The summed E-state index contributed by atoms with van der Waals surface area (Å²) < 4.78 is 23.4. The number of nitrogens with zero attached hydrogens (tertiary/aromatic N) is 2. The molecule has 0 aromatic carbocycles. The summed E-state index contributed by atoms with van der Waals surface area (Å²) in [5.41, 5.74) is 0. The standard InChI is InChI=1S/C10H17BrN4O2S/c1-3-12-10-14-7-8(11)9(15-10)13-5-6-18(16,17)4-2/h7H,3-6H2,1-2H3,(H2,12,13,14,15). The zero-order chi connectivity index (χ0) is 13.6. The van der Waals surface area contributed by atoms with E-state index in [1.165, 1.54) is 0 Å². The second-order valence-corrected chi connectivity index (χ2v) is 6.91. The Hall–Kier alpha value is -0.890. The van der Waals surface area contributed by atoms with E-state index in [1.807, 2.05) is 6.92 Å². The highest BCUT2D eigenvalue weighted by molar-refractivity contribution is 9.10. The van der Waals surface area contributed by atoms with Gasteiger partial charge >= 0.3 is 0 Å². The molecule has 1 rings (SSSR count). The Kier molecular flexibility index (Phi) is 5.80. The summed E-state index contributed by atoms with van der Waals surface area (Å²) in [6.07, 6.45) is 1.63. The van der Waals surface area contributed by atoms with Gasteiger partial charge in [0.15, 0.2) is 9.84 Å². The van der Waals surface area contributed by atoms with Gasteiger partial charge in [-0.05, 0) is 22.9 Å². The monoisotopic (exact) mass is 336 g/mol. The summed E-state index contributed by atoms with van der Waals surface area (Å²) in [4.78, 5) is 8.31. The topological polar surface area (TPSA) is 84.0 Å². The number of anilines is 2. The first-order valence-corrected chi connectivity index (χ1v) is 8.30. The first kappa shape index (κ1) is 15.2. The van der Waals surface area contributed by atoms with Gasteiger partial charge in [0.05, 0.1) is 10.2 Å². The first-order valence-electron chi connectivity index (χ1n) is 5.69. The zero-order valence-corrected chi connectivity index (χ0v) is 12.8. The molecular formula is C10H17BrN4O2S. The highest BCUT2D eigenvalue weighted by Gasteiger charge is 2.08. The van der Waals surface area contributed by atoms with Crippen LogP contribution in [0.2, 0.25) is 0 Å². The smallest absolute Gasteiger partial charge is 0.224 e. The third-order valence-electron chi connectivity index (χ3n) is 2.22. The van der Waals surface area contributed by atoms with Gasteiger partial charge in [0.25, 0.3) is 0 Å². The third-order valence-corrected chi connectivity index (χ3v) is 4.51. The highest BCUT2D eigenvalue weighted by Crippen LogP contribution is 2.19. The maximum atomic E-state index is 11.3. The van der Waals surface area contributed by atoms with Crippen molar-refractivity contribution in [3.63, 3.8) is 0 Å². The van der Waals surface area contributed by atoms with Crippen molar-refractivity contribution in [2.75, 3.05) is 35.2 Å². The van der Waals surface area contributed by atoms with Crippen molar-refractivity contribution in [2.45, 2.75) is 13.8 Å². The summed E-state index contributed by atoms with van der Waals surface area (Å²) in [6.45, 7) is 4.65. The molecule has 8 heteroatoms. The molecule has 0 radical (unpaired) electrons. The molecular weight excluding hydrogens is 320 g/mol.